The third-order valence-electron chi connectivity index (χ3n) is 3.81. The molecule has 0 amide bonds. The van der Waals surface area contributed by atoms with E-state index in [9.17, 15) is 9.90 Å². The quantitative estimate of drug-likeness (QED) is 0.469. The third-order valence-corrected chi connectivity index (χ3v) is 3.81. The zero-order chi connectivity index (χ0) is 16.5. The summed E-state index contributed by atoms with van der Waals surface area (Å²) in [5.74, 6) is -0.297. The summed E-state index contributed by atoms with van der Waals surface area (Å²) in [6.45, 7) is 14.0. The summed E-state index contributed by atoms with van der Waals surface area (Å²) < 4.78 is 11.1. The van der Waals surface area contributed by atoms with Gasteiger partial charge >= 0.3 is 5.97 Å². The van der Waals surface area contributed by atoms with E-state index in [-0.39, 0.29) is 17.5 Å². The Morgan fingerprint density at radius 3 is 2.43 bits per heavy atom. The van der Waals surface area contributed by atoms with Gasteiger partial charge in [-0.05, 0) is 47.0 Å². The molecule has 124 valence electrons. The first-order valence-electron chi connectivity index (χ1n) is 7.75. The van der Waals surface area contributed by atoms with Crippen LogP contribution in [0, 0.1) is 5.92 Å². The topological polar surface area (TPSA) is 55.8 Å². The molecular formula is C17H32O4. The Bertz CT molecular complexity index is 315. The van der Waals surface area contributed by atoms with Crippen molar-refractivity contribution in [2.45, 2.75) is 71.5 Å². The van der Waals surface area contributed by atoms with E-state index in [0.717, 1.165) is 6.42 Å². The molecule has 0 radical (unpaired) electrons. The van der Waals surface area contributed by atoms with Crippen LogP contribution in [0.15, 0.2) is 12.7 Å². The van der Waals surface area contributed by atoms with Gasteiger partial charge in [0, 0.05) is 12.3 Å². The van der Waals surface area contributed by atoms with Gasteiger partial charge in [-0.25, -0.2) is 0 Å². The fraction of sp³-hybridized carbons (Fsp3) is 0.824. The lowest BCUT2D eigenvalue weighted by molar-refractivity contribution is -0.145. The van der Waals surface area contributed by atoms with Gasteiger partial charge in [-0.15, -0.1) is 6.58 Å². The number of aliphatic hydroxyl groups is 1. The molecule has 4 heteroatoms. The van der Waals surface area contributed by atoms with Crippen molar-refractivity contribution in [2.75, 3.05) is 13.2 Å². The maximum Gasteiger partial charge on any atom is 0.306 e. The van der Waals surface area contributed by atoms with Crippen LogP contribution in [0.5, 0.6) is 0 Å². The van der Waals surface area contributed by atoms with Gasteiger partial charge in [0.1, 0.15) is 0 Å². The molecule has 0 heterocycles. The Labute approximate surface area is 129 Å². The minimum atomic E-state index is -0.864. The van der Waals surface area contributed by atoms with Crippen molar-refractivity contribution in [3.8, 4) is 0 Å². The lowest BCUT2D eigenvalue weighted by Crippen LogP contribution is -2.38. The molecule has 0 aromatic heterocycles. The van der Waals surface area contributed by atoms with Gasteiger partial charge in [-0.2, -0.15) is 0 Å². The molecule has 21 heavy (non-hydrogen) atoms. The normalized spacial score (nSPS) is 13.8. The number of hydrogen-bond donors (Lipinski definition) is 1. The van der Waals surface area contributed by atoms with E-state index in [4.69, 9.17) is 9.47 Å². The molecule has 0 aromatic rings. The van der Waals surface area contributed by atoms with Crippen LogP contribution in [0.1, 0.15) is 60.3 Å². The number of esters is 1. The Hall–Kier alpha value is -0.870. The molecule has 0 bridgehead atoms. The molecule has 4 nitrogen and oxygen atoms in total. The summed E-state index contributed by atoms with van der Waals surface area (Å²) in [4.78, 5) is 11.4. The fourth-order valence-electron chi connectivity index (χ4n) is 1.68. The zero-order valence-electron chi connectivity index (χ0n) is 14.3. The molecule has 0 aliphatic rings. The van der Waals surface area contributed by atoms with Crippen LogP contribution in [0.25, 0.3) is 0 Å². The highest BCUT2D eigenvalue weighted by Crippen LogP contribution is 2.24. The summed E-state index contributed by atoms with van der Waals surface area (Å²) in [5, 5.41) is 10.2. The van der Waals surface area contributed by atoms with E-state index >= 15 is 0 Å². The largest absolute Gasteiger partial charge is 0.466 e. The summed E-state index contributed by atoms with van der Waals surface area (Å²) in [6.07, 6.45) is 4.17. The molecule has 0 aliphatic heterocycles. The lowest BCUT2D eigenvalue weighted by Gasteiger charge is -2.33. The van der Waals surface area contributed by atoms with Gasteiger partial charge in [0.05, 0.1) is 24.4 Å². The molecule has 0 fully saturated rings. The second-order valence-electron chi connectivity index (χ2n) is 6.61. The van der Waals surface area contributed by atoms with Gasteiger partial charge in [-0.3, -0.25) is 4.79 Å². The maximum absolute atomic E-state index is 11.4. The van der Waals surface area contributed by atoms with E-state index in [2.05, 4.69) is 13.5 Å². The van der Waals surface area contributed by atoms with Crippen LogP contribution in [0.3, 0.4) is 0 Å². The second-order valence-corrected chi connectivity index (χ2v) is 6.61. The smallest absolute Gasteiger partial charge is 0.306 e. The fourth-order valence-corrected chi connectivity index (χ4v) is 1.68. The van der Waals surface area contributed by atoms with Crippen LogP contribution in [-0.4, -0.2) is 35.5 Å². The highest BCUT2D eigenvalue weighted by atomic mass is 16.5. The molecular weight excluding hydrogens is 268 g/mol. The highest BCUT2D eigenvalue weighted by Gasteiger charge is 2.29. The SMILES string of the molecule is C=CCCC(=O)OCCC(COC(C)(C)CC)C(C)(C)O. The highest BCUT2D eigenvalue weighted by molar-refractivity contribution is 5.69. The first-order chi connectivity index (χ1) is 9.62. The molecule has 0 aliphatic carbocycles. The minimum Gasteiger partial charge on any atom is -0.466 e. The number of rotatable bonds is 11. The second kappa shape index (κ2) is 9.21. The molecule has 0 rings (SSSR count). The molecule has 0 aromatic carbocycles. The predicted octanol–water partition coefficient (Wildman–Crippen LogP) is 3.48. The summed E-state index contributed by atoms with van der Waals surface area (Å²) in [6, 6.07) is 0. The van der Waals surface area contributed by atoms with Crippen molar-refractivity contribution < 1.29 is 19.4 Å². The molecule has 0 saturated heterocycles. The summed E-state index contributed by atoms with van der Waals surface area (Å²) in [5.41, 5.74) is -1.07. The van der Waals surface area contributed by atoms with Crippen molar-refractivity contribution in [3.05, 3.63) is 12.7 Å². The zero-order valence-corrected chi connectivity index (χ0v) is 14.3. The molecule has 1 unspecified atom stereocenters. The Kier molecular flexibility index (Phi) is 8.83. The van der Waals surface area contributed by atoms with E-state index in [1.165, 1.54) is 0 Å². The van der Waals surface area contributed by atoms with Crippen molar-refractivity contribution in [1.29, 1.82) is 0 Å². The van der Waals surface area contributed by atoms with Crippen molar-refractivity contribution in [1.82, 2.24) is 0 Å². The van der Waals surface area contributed by atoms with E-state index < -0.39 is 5.60 Å². The first-order valence-corrected chi connectivity index (χ1v) is 7.75. The van der Waals surface area contributed by atoms with Crippen LogP contribution in [0.2, 0.25) is 0 Å². The lowest BCUT2D eigenvalue weighted by atomic mass is 9.89. The van der Waals surface area contributed by atoms with Gasteiger partial charge < -0.3 is 14.6 Å². The van der Waals surface area contributed by atoms with Crippen molar-refractivity contribution >= 4 is 5.97 Å². The number of carbonyl (C=O) groups excluding carboxylic acids is 1. The van der Waals surface area contributed by atoms with E-state index in [1.807, 2.05) is 13.8 Å². The van der Waals surface area contributed by atoms with Crippen molar-refractivity contribution in [3.63, 3.8) is 0 Å². The van der Waals surface area contributed by atoms with Crippen LogP contribution in [0.4, 0.5) is 0 Å². The van der Waals surface area contributed by atoms with Gasteiger partial charge in [0.15, 0.2) is 0 Å². The number of allylic oxidation sites excluding steroid dienone is 1. The van der Waals surface area contributed by atoms with Gasteiger partial charge in [-0.1, -0.05) is 13.0 Å². The molecule has 0 spiro atoms. The maximum atomic E-state index is 11.4. The molecule has 1 atom stereocenters. The van der Waals surface area contributed by atoms with Crippen LogP contribution < -0.4 is 0 Å². The Balaban J connectivity index is 4.27. The number of ether oxygens (including phenoxy) is 2. The van der Waals surface area contributed by atoms with Gasteiger partial charge in [0.25, 0.3) is 0 Å². The number of hydrogen-bond acceptors (Lipinski definition) is 4. The molecule has 0 saturated carbocycles. The monoisotopic (exact) mass is 300 g/mol. The summed E-state index contributed by atoms with van der Waals surface area (Å²) >= 11 is 0. The standard InChI is InChI=1S/C17H32O4/c1-7-9-10-15(18)20-12-11-14(17(5,6)19)13-21-16(3,4)8-2/h7,14,19H,1,8-13H2,2-6H3. The van der Waals surface area contributed by atoms with Crippen LogP contribution in [-0.2, 0) is 14.3 Å². The Morgan fingerprint density at radius 2 is 1.95 bits per heavy atom. The van der Waals surface area contributed by atoms with Gasteiger partial charge in [0.2, 0.25) is 0 Å². The van der Waals surface area contributed by atoms with Crippen molar-refractivity contribution in [2.24, 2.45) is 5.92 Å². The van der Waals surface area contributed by atoms with Crippen LogP contribution >= 0.6 is 0 Å². The first kappa shape index (κ1) is 20.1. The average Bonchev–Trinajstić information content (AvgIpc) is 2.38. The summed E-state index contributed by atoms with van der Waals surface area (Å²) in [7, 11) is 0. The third kappa shape index (κ3) is 9.64. The van der Waals surface area contributed by atoms with E-state index in [1.54, 1.807) is 19.9 Å². The minimum absolute atomic E-state index is 0.0736. The van der Waals surface area contributed by atoms with E-state index in [0.29, 0.717) is 32.5 Å². The average molecular weight is 300 g/mol. The Morgan fingerprint density at radius 1 is 1.33 bits per heavy atom. The number of carbonyl (C=O) groups is 1. The predicted molar refractivity (Wildman–Crippen MR) is 85.1 cm³/mol. The molecule has 1 N–H and O–H groups in total.